The minimum atomic E-state index is -4.92. The Balaban J connectivity index is -0.000000305. The first-order chi connectivity index (χ1) is 26.9. The highest BCUT2D eigenvalue weighted by Crippen LogP contribution is 2.15. The molecule has 0 aliphatic rings. The zero-order chi connectivity index (χ0) is 48.2. The molecule has 0 fully saturated rings. The third kappa shape index (κ3) is 45.3. The highest BCUT2D eigenvalue weighted by atomic mass is 32.3. The van der Waals surface area contributed by atoms with Gasteiger partial charge in [-0.3, -0.25) is 81.6 Å². The number of hydrogen-bond donors (Lipinski definition) is 8. The van der Waals surface area contributed by atoms with E-state index in [-0.39, 0.29) is 46.0 Å². The van der Waals surface area contributed by atoms with Crippen LogP contribution in [0.25, 0.3) is 0 Å². The molecule has 0 spiro atoms. The van der Waals surface area contributed by atoms with E-state index in [1.54, 1.807) is 0 Å². The van der Waals surface area contributed by atoms with Gasteiger partial charge in [0.05, 0.1) is 44.5 Å². The third-order valence-corrected chi connectivity index (χ3v) is 4.25. The van der Waals surface area contributed by atoms with Crippen LogP contribution in [0.4, 0.5) is 46.0 Å². The van der Waals surface area contributed by atoms with Gasteiger partial charge in [-0.15, -0.1) is 0 Å². The molecule has 4 aromatic heterocycles. The zero-order valence-electron chi connectivity index (χ0n) is 28.6. The van der Waals surface area contributed by atoms with Crippen molar-refractivity contribution in [2.24, 2.45) is 0 Å². The first-order valence-electron chi connectivity index (χ1n) is 13.2. The van der Waals surface area contributed by atoms with Crippen molar-refractivity contribution in [1.29, 1.82) is 0 Å². The van der Waals surface area contributed by atoms with E-state index in [0.717, 1.165) is 0 Å². The third-order valence-electron chi connectivity index (χ3n) is 4.25. The molecule has 4 aromatic rings. The summed E-state index contributed by atoms with van der Waals surface area (Å²) < 4.78 is 131. The maximum Gasteiger partial charge on any atom is 0.357 e. The van der Waals surface area contributed by atoms with Crippen LogP contribution in [-0.2, 0) is 41.6 Å². The molecule has 0 aliphatic heterocycles. The van der Waals surface area contributed by atoms with Crippen LogP contribution in [-0.4, -0.2) is 89.8 Å². The van der Waals surface area contributed by atoms with E-state index in [9.17, 15) is 40.5 Å². The second kappa shape index (κ2) is 28.3. The van der Waals surface area contributed by atoms with Crippen LogP contribution >= 0.6 is 0 Å². The highest BCUT2D eigenvalue weighted by molar-refractivity contribution is 7.80. The summed E-state index contributed by atoms with van der Waals surface area (Å²) in [6.07, 6.45) is 6.12. The molecule has 336 valence electrons. The number of nitrogens with two attached hydrogens (primary N) is 4. The first kappa shape index (κ1) is 59.6. The summed E-state index contributed by atoms with van der Waals surface area (Å²) in [6.45, 7) is 0. The lowest BCUT2D eigenvalue weighted by Crippen LogP contribution is -2.11. The van der Waals surface area contributed by atoms with Gasteiger partial charge in [0.1, 0.15) is 0 Å². The van der Waals surface area contributed by atoms with Gasteiger partial charge in [-0.25, -0.2) is 53.6 Å². The SMILES string of the molecule is Nc1[nH+]cccc1[N+](=O)[O-].Nc1[nH+]cccc1[N+](=O)[O-].Nc1[nH+]cccc1[N+](=O)[O-].Nc1[nH+]cccc1[N+](=O)[O-].O=S(=O)([O-])O.O=S(=O)([O-])O.O=S(=O)([O-])O.O=S(=O)([O-])O. The molecule has 0 unspecified atom stereocenters. The average molecular weight is 949 g/mol. The molecule has 0 aromatic carbocycles. The predicted octanol–water partition coefficient (Wildman–Crippen LogP) is -4.02. The maximum atomic E-state index is 10.1. The van der Waals surface area contributed by atoms with Crippen LogP contribution < -0.4 is 42.9 Å². The van der Waals surface area contributed by atoms with Gasteiger partial charge in [0.2, 0.25) is 41.6 Å². The number of aromatic nitrogens is 4. The molecule has 0 amide bonds. The van der Waals surface area contributed by atoms with Crippen LogP contribution in [0.2, 0.25) is 0 Å². The van der Waals surface area contributed by atoms with Crippen molar-refractivity contribution in [2.75, 3.05) is 22.9 Å². The van der Waals surface area contributed by atoms with Gasteiger partial charge in [0, 0.05) is 24.3 Å². The van der Waals surface area contributed by atoms with Gasteiger partial charge in [-0.1, -0.05) is 0 Å². The normalized spacial score (nSPS) is 10.0. The molecule has 0 saturated carbocycles. The lowest BCUT2D eigenvalue weighted by Gasteiger charge is -1.88. The van der Waals surface area contributed by atoms with Crippen LogP contribution in [0, 0.1) is 40.5 Å². The first-order valence-corrected chi connectivity index (χ1v) is 18.7. The number of nitrogens with zero attached hydrogens (tertiary/aromatic N) is 4. The standard InChI is InChI=1S/4C5H5N3O2.4H2O4S/c4*6-5-4(8(9)10)2-1-3-7-5;4*1-5(2,3)4/h4*1-3H,(H2,6,7);4*(H2,1,2,3,4). The van der Waals surface area contributed by atoms with Gasteiger partial charge in [-0.2, -0.15) is 0 Å². The summed E-state index contributed by atoms with van der Waals surface area (Å²) in [7, 11) is -19.7. The van der Waals surface area contributed by atoms with Gasteiger partial charge in [0.15, 0.2) is 0 Å². The van der Waals surface area contributed by atoms with E-state index in [0.29, 0.717) is 0 Å². The average Bonchev–Trinajstić information content (AvgIpc) is 3.03. The van der Waals surface area contributed by atoms with Gasteiger partial charge >= 0.3 is 46.0 Å². The minimum Gasteiger partial charge on any atom is -0.726 e. The molecule has 0 radical (unpaired) electrons. The minimum absolute atomic E-state index is 0.0764. The van der Waals surface area contributed by atoms with Crippen LogP contribution in [0.1, 0.15) is 0 Å². The Labute approximate surface area is 333 Å². The topological polar surface area (TPSA) is 643 Å². The lowest BCUT2D eigenvalue weighted by molar-refractivity contribution is -0.409. The van der Waals surface area contributed by atoms with Crippen LogP contribution in [0.15, 0.2) is 73.3 Å². The number of aromatic amines is 4. The second-order valence-corrected chi connectivity index (χ2v) is 12.0. The molecule has 36 nitrogen and oxygen atoms in total. The van der Waals surface area contributed by atoms with Crippen molar-refractivity contribution in [3.8, 4) is 0 Å². The van der Waals surface area contributed by atoms with Crippen molar-refractivity contribution < 1.29 is 110 Å². The van der Waals surface area contributed by atoms with Crippen molar-refractivity contribution in [1.82, 2.24) is 0 Å². The number of H-pyrrole nitrogens is 4. The summed E-state index contributed by atoms with van der Waals surface area (Å²) in [6, 6.07) is 11.4. The van der Waals surface area contributed by atoms with Crippen molar-refractivity contribution in [3.05, 3.63) is 114 Å². The van der Waals surface area contributed by atoms with Gasteiger partial charge < -0.3 is 18.2 Å². The van der Waals surface area contributed by atoms with E-state index in [4.69, 9.17) is 93.0 Å². The van der Waals surface area contributed by atoms with Crippen molar-refractivity contribution in [2.45, 2.75) is 0 Å². The van der Waals surface area contributed by atoms with Gasteiger partial charge in [0.25, 0.3) is 0 Å². The highest BCUT2D eigenvalue weighted by Gasteiger charge is 2.16. The lowest BCUT2D eigenvalue weighted by atomic mass is 10.4. The van der Waals surface area contributed by atoms with Crippen LogP contribution in [0.5, 0.6) is 0 Å². The number of nitro groups is 4. The molecule has 4 rings (SSSR count). The molecule has 4 heterocycles. The fourth-order valence-electron chi connectivity index (χ4n) is 2.40. The van der Waals surface area contributed by atoms with E-state index in [1.807, 2.05) is 0 Å². The van der Waals surface area contributed by atoms with Crippen LogP contribution in [0.3, 0.4) is 0 Å². The summed E-state index contributed by atoms with van der Waals surface area (Å²) in [5.74, 6) is 0.306. The maximum absolute atomic E-state index is 10.1. The predicted molar refractivity (Wildman–Crippen MR) is 186 cm³/mol. The number of pyridine rings is 4. The Morgan fingerprint density at radius 1 is 0.383 bits per heavy atom. The molecule has 0 bridgehead atoms. The fourth-order valence-corrected chi connectivity index (χ4v) is 2.40. The molecule has 0 saturated heterocycles. The Bertz CT molecular complexity index is 2090. The van der Waals surface area contributed by atoms with E-state index in [1.165, 1.54) is 73.3 Å². The van der Waals surface area contributed by atoms with Crippen molar-refractivity contribution in [3.63, 3.8) is 0 Å². The summed E-state index contributed by atoms with van der Waals surface area (Å²) in [4.78, 5) is 48.4. The van der Waals surface area contributed by atoms with Gasteiger partial charge in [-0.05, 0) is 24.3 Å². The number of anilines is 4. The molecule has 40 heteroatoms. The van der Waals surface area contributed by atoms with E-state index in [2.05, 4.69) is 19.9 Å². The number of nitrogen functional groups attached to an aromatic ring is 4. The Morgan fingerprint density at radius 2 is 0.500 bits per heavy atom. The molecule has 0 aliphatic carbocycles. The fraction of sp³-hybridized carbons (Fsp3) is 0. The van der Waals surface area contributed by atoms with E-state index >= 15 is 0 Å². The summed E-state index contributed by atoms with van der Waals surface area (Å²) >= 11 is 0. The van der Waals surface area contributed by atoms with Crippen molar-refractivity contribution >= 4 is 87.6 Å². The monoisotopic (exact) mass is 948 g/mol. The molecule has 0 atom stereocenters. The second-order valence-electron chi connectivity index (χ2n) is 8.62. The summed E-state index contributed by atoms with van der Waals surface area (Å²) in [5.41, 5.74) is 20.5. The quantitative estimate of drug-likeness (QED) is 0.0418. The number of hydrogen-bond acceptors (Lipinski definition) is 24. The molecular weight excluding hydrogens is 921 g/mol. The summed E-state index contributed by atoms with van der Waals surface area (Å²) in [5, 5.41) is 40.5. The Kier molecular flexibility index (Phi) is 28.1. The largest absolute Gasteiger partial charge is 0.726 e. The number of nitrogens with one attached hydrogen (secondary N) is 4. The zero-order valence-corrected chi connectivity index (χ0v) is 31.9. The smallest absolute Gasteiger partial charge is 0.357 e. The molecular formula is C20H28N12O24S4. The Hall–Kier alpha value is -7.12. The number of rotatable bonds is 4. The molecule has 16 N–H and O–H groups in total. The van der Waals surface area contributed by atoms with E-state index < -0.39 is 61.3 Å². The molecule has 60 heavy (non-hydrogen) atoms. The Morgan fingerprint density at radius 3 is 0.567 bits per heavy atom.